The SMILES string of the molecule is CC(F)(F)CN1CCC(C(=O)Cc2cc3cc(-c4cnco4)ncc3cn2)CC1. The Morgan fingerprint density at radius 3 is 2.62 bits per heavy atom. The minimum atomic E-state index is -2.70. The molecular formula is C21H22F2N4O2. The van der Waals surface area contributed by atoms with Crippen LogP contribution in [0.15, 0.2) is 41.5 Å². The van der Waals surface area contributed by atoms with Gasteiger partial charge in [-0.3, -0.25) is 19.7 Å². The smallest absolute Gasteiger partial charge is 0.257 e. The number of hydrogen-bond donors (Lipinski definition) is 0. The van der Waals surface area contributed by atoms with E-state index in [9.17, 15) is 13.6 Å². The van der Waals surface area contributed by atoms with Crippen molar-refractivity contribution in [3.63, 3.8) is 0 Å². The molecule has 0 atom stereocenters. The second-order valence-corrected chi connectivity index (χ2v) is 7.72. The number of likely N-dealkylation sites (tertiary alicyclic amines) is 1. The van der Waals surface area contributed by atoms with Gasteiger partial charge in [-0.05, 0) is 43.5 Å². The standard InChI is InChI=1S/C21H22F2N4O2/c1-21(22,23)12-27-4-2-14(3-5-27)19(28)8-17-6-15-7-18(20-11-24-13-29-20)26-10-16(15)9-25-17/h6-7,9-11,13-14H,2-5,8,12H2,1H3. The number of piperidine rings is 1. The number of nitrogens with zero attached hydrogens (tertiary/aromatic N) is 4. The molecular weight excluding hydrogens is 378 g/mol. The van der Waals surface area contributed by atoms with Gasteiger partial charge in [-0.2, -0.15) is 0 Å². The summed E-state index contributed by atoms with van der Waals surface area (Å²) in [6.45, 7) is 1.73. The topological polar surface area (TPSA) is 72.1 Å². The van der Waals surface area contributed by atoms with Crippen molar-refractivity contribution < 1.29 is 18.0 Å². The molecule has 0 saturated carbocycles. The Bertz CT molecular complexity index is 994. The van der Waals surface area contributed by atoms with Gasteiger partial charge in [0.25, 0.3) is 5.92 Å². The van der Waals surface area contributed by atoms with Crippen LogP contribution in [-0.4, -0.2) is 51.2 Å². The van der Waals surface area contributed by atoms with Crippen molar-refractivity contribution in [2.75, 3.05) is 19.6 Å². The predicted molar refractivity (Wildman–Crippen MR) is 104 cm³/mol. The number of aromatic nitrogens is 3. The average molecular weight is 400 g/mol. The van der Waals surface area contributed by atoms with Crippen molar-refractivity contribution in [2.45, 2.75) is 32.1 Å². The minimum Gasteiger partial charge on any atom is -0.442 e. The number of pyridine rings is 2. The van der Waals surface area contributed by atoms with Crippen LogP contribution in [0.5, 0.6) is 0 Å². The molecule has 0 amide bonds. The van der Waals surface area contributed by atoms with E-state index in [4.69, 9.17) is 4.42 Å². The van der Waals surface area contributed by atoms with E-state index >= 15 is 0 Å². The molecule has 3 aromatic rings. The molecule has 8 heteroatoms. The normalized spacial score (nSPS) is 16.4. The van der Waals surface area contributed by atoms with Crippen LogP contribution in [0.3, 0.4) is 0 Å². The summed E-state index contributed by atoms with van der Waals surface area (Å²) in [6.07, 6.45) is 7.84. The zero-order valence-corrected chi connectivity index (χ0v) is 16.1. The fourth-order valence-corrected chi connectivity index (χ4v) is 3.79. The van der Waals surface area contributed by atoms with Crippen molar-refractivity contribution >= 4 is 16.6 Å². The zero-order chi connectivity index (χ0) is 20.4. The van der Waals surface area contributed by atoms with Gasteiger partial charge in [-0.15, -0.1) is 0 Å². The molecule has 0 bridgehead atoms. The lowest BCUT2D eigenvalue weighted by atomic mass is 9.90. The van der Waals surface area contributed by atoms with E-state index in [0.29, 0.717) is 43.1 Å². The highest BCUT2D eigenvalue weighted by Gasteiger charge is 2.30. The summed E-state index contributed by atoms with van der Waals surface area (Å²) in [5.41, 5.74) is 1.36. The largest absolute Gasteiger partial charge is 0.442 e. The number of carbonyl (C=O) groups is 1. The number of rotatable bonds is 6. The van der Waals surface area contributed by atoms with E-state index in [1.165, 1.54) is 6.39 Å². The molecule has 0 unspecified atom stereocenters. The van der Waals surface area contributed by atoms with Gasteiger partial charge in [0.1, 0.15) is 11.5 Å². The van der Waals surface area contributed by atoms with Gasteiger partial charge in [0.15, 0.2) is 12.2 Å². The van der Waals surface area contributed by atoms with Crippen LogP contribution in [0.25, 0.3) is 22.2 Å². The van der Waals surface area contributed by atoms with Gasteiger partial charge in [0, 0.05) is 42.7 Å². The number of halogens is 2. The Morgan fingerprint density at radius 2 is 1.93 bits per heavy atom. The summed E-state index contributed by atoms with van der Waals surface area (Å²) in [5.74, 6) is -2.11. The minimum absolute atomic E-state index is 0.101. The molecule has 1 aliphatic rings. The fourth-order valence-electron chi connectivity index (χ4n) is 3.79. The van der Waals surface area contributed by atoms with E-state index < -0.39 is 5.92 Å². The van der Waals surface area contributed by atoms with Crippen LogP contribution >= 0.6 is 0 Å². The maximum absolute atomic E-state index is 13.2. The zero-order valence-electron chi connectivity index (χ0n) is 16.1. The molecule has 1 aliphatic heterocycles. The molecule has 1 fully saturated rings. The van der Waals surface area contributed by atoms with Crippen molar-refractivity contribution in [1.82, 2.24) is 19.9 Å². The van der Waals surface area contributed by atoms with Gasteiger partial charge in [-0.1, -0.05) is 0 Å². The summed E-state index contributed by atoms with van der Waals surface area (Å²) in [5, 5.41) is 1.79. The maximum Gasteiger partial charge on any atom is 0.257 e. The second-order valence-electron chi connectivity index (χ2n) is 7.72. The maximum atomic E-state index is 13.2. The molecule has 6 nitrogen and oxygen atoms in total. The highest BCUT2D eigenvalue weighted by molar-refractivity contribution is 5.87. The van der Waals surface area contributed by atoms with E-state index in [-0.39, 0.29) is 24.7 Å². The highest BCUT2D eigenvalue weighted by Crippen LogP contribution is 2.25. The second kappa shape index (κ2) is 7.94. The summed E-state index contributed by atoms with van der Waals surface area (Å²) >= 11 is 0. The fraction of sp³-hybridized carbons (Fsp3) is 0.429. The van der Waals surface area contributed by atoms with Crippen molar-refractivity contribution in [2.24, 2.45) is 5.92 Å². The number of alkyl halides is 2. The lowest BCUT2D eigenvalue weighted by molar-refractivity contribution is -0.124. The van der Waals surface area contributed by atoms with E-state index in [0.717, 1.165) is 17.7 Å². The lowest BCUT2D eigenvalue weighted by Crippen LogP contribution is -2.42. The Balaban J connectivity index is 1.42. The van der Waals surface area contributed by atoms with Crippen molar-refractivity contribution in [3.05, 3.63) is 42.8 Å². The third kappa shape index (κ3) is 4.82. The van der Waals surface area contributed by atoms with Crippen LogP contribution in [0, 0.1) is 5.92 Å². The number of Topliss-reactive ketones (excluding diaryl/α,β-unsaturated/α-hetero) is 1. The average Bonchev–Trinajstić information content (AvgIpc) is 3.21. The number of fused-ring (bicyclic) bond motifs is 1. The Hall–Kier alpha value is -2.74. The molecule has 0 radical (unpaired) electrons. The summed E-state index contributed by atoms with van der Waals surface area (Å²) in [4.78, 5) is 27.1. The van der Waals surface area contributed by atoms with Gasteiger partial charge < -0.3 is 4.42 Å². The van der Waals surface area contributed by atoms with Crippen LogP contribution in [0.2, 0.25) is 0 Å². The third-order valence-corrected chi connectivity index (χ3v) is 5.24. The van der Waals surface area contributed by atoms with E-state index in [2.05, 4.69) is 15.0 Å². The first-order valence-corrected chi connectivity index (χ1v) is 9.64. The first-order chi connectivity index (χ1) is 13.9. The number of ketones is 1. The summed E-state index contributed by atoms with van der Waals surface area (Å²) in [7, 11) is 0. The van der Waals surface area contributed by atoms with Crippen molar-refractivity contribution in [1.29, 1.82) is 0 Å². The predicted octanol–water partition coefficient (Wildman–Crippen LogP) is 3.76. The molecule has 0 spiro atoms. The Kier molecular flexibility index (Phi) is 5.36. The summed E-state index contributed by atoms with van der Waals surface area (Å²) < 4.78 is 31.6. The van der Waals surface area contributed by atoms with Crippen LogP contribution < -0.4 is 0 Å². The Labute approximate surface area is 167 Å². The van der Waals surface area contributed by atoms with Gasteiger partial charge in [0.2, 0.25) is 0 Å². The summed E-state index contributed by atoms with van der Waals surface area (Å²) in [6, 6.07) is 3.77. The number of carbonyl (C=O) groups excluding carboxylic acids is 1. The Morgan fingerprint density at radius 1 is 1.17 bits per heavy atom. The van der Waals surface area contributed by atoms with Gasteiger partial charge >= 0.3 is 0 Å². The molecule has 4 heterocycles. The molecule has 0 N–H and O–H groups in total. The third-order valence-electron chi connectivity index (χ3n) is 5.24. The number of oxazole rings is 1. The first-order valence-electron chi connectivity index (χ1n) is 9.64. The lowest BCUT2D eigenvalue weighted by Gasteiger charge is -2.32. The van der Waals surface area contributed by atoms with Gasteiger partial charge in [-0.25, -0.2) is 13.8 Å². The molecule has 3 aromatic heterocycles. The molecule has 4 rings (SSSR count). The molecule has 152 valence electrons. The van der Waals surface area contributed by atoms with Gasteiger partial charge in [0.05, 0.1) is 12.7 Å². The van der Waals surface area contributed by atoms with Crippen LogP contribution in [0.4, 0.5) is 8.78 Å². The monoisotopic (exact) mass is 400 g/mol. The van der Waals surface area contributed by atoms with E-state index in [1.807, 2.05) is 12.1 Å². The molecule has 1 saturated heterocycles. The van der Waals surface area contributed by atoms with E-state index in [1.54, 1.807) is 23.5 Å². The number of hydrogen-bond acceptors (Lipinski definition) is 6. The quantitative estimate of drug-likeness (QED) is 0.627. The molecule has 29 heavy (non-hydrogen) atoms. The van der Waals surface area contributed by atoms with Crippen LogP contribution in [-0.2, 0) is 11.2 Å². The molecule has 0 aliphatic carbocycles. The van der Waals surface area contributed by atoms with Crippen LogP contribution in [0.1, 0.15) is 25.5 Å². The first kappa shape index (κ1) is 19.6. The highest BCUT2D eigenvalue weighted by atomic mass is 19.3. The molecule has 0 aromatic carbocycles. The van der Waals surface area contributed by atoms with Crippen molar-refractivity contribution in [3.8, 4) is 11.5 Å².